The molecule has 1 heterocycles. The number of rotatable bonds is 2. The Morgan fingerprint density at radius 1 is 1.35 bits per heavy atom. The van der Waals surface area contributed by atoms with Crippen molar-refractivity contribution in [3.63, 3.8) is 0 Å². The van der Waals surface area contributed by atoms with Gasteiger partial charge in [0.05, 0.1) is 18.8 Å². The molecule has 2 atom stereocenters. The molecule has 0 aromatic rings. The molecule has 6 nitrogen and oxygen atoms in total. The summed E-state index contributed by atoms with van der Waals surface area (Å²) in [6.07, 6.45) is 0.0754. The van der Waals surface area contributed by atoms with Crippen molar-refractivity contribution in [2.45, 2.75) is 45.4 Å². The van der Waals surface area contributed by atoms with E-state index in [1.54, 1.807) is 27.7 Å². The van der Waals surface area contributed by atoms with Crippen molar-refractivity contribution in [1.29, 1.82) is 0 Å². The van der Waals surface area contributed by atoms with Crippen molar-refractivity contribution in [2.75, 3.05) is 12.8 Å². The fraction of sp³-hybridized carbons (Fsp3) is 0.900. The van der Waals surface area contributed by atoms with Gasteiger partial charge in [0.15, 0.2) is 0 Å². The number of amides is 1. The molecule has 0 saturated carbocycles. The second kappa shape index (κ2) is 4.45. The Bertz CT molecular complexity index is 397. The van der Waals surface area contributed by atoms with Gasteiger partial charge in [-0.25, -0.2) is 4.79 Å². The molecule has 7 heteroatoms. The van der Waals surface area contributed by atoms with Crippen LogP contribution in [0.4, 0.5) is 4.79 Å². The van der Waals surface area contributed by atoms with Crippen LogP contribution in [0.3, 0.4) is 0 Å². The van der Waals surface area contributed by atoms with E-state index < -0.39 is 27.9 Å². The summed E-state index contributed by atoms with van der Waals surface area (Å²) in [4.78, 5) is 13.1. The van der Waals surface area contributed by atoms with Gasteiger partial charge in [-0.05, 0) is 27.7 Å². The minimum absolute atomic E-state index is 0.239. The van der Waals surface area contributed by atoms with Crippen LogP contribution in [0.5, 0.6) is 0 Å². The van der Waals surface area contributed by atoms with Crippen molar-refractivity contribution in [2.24, 2.45) is 0 Å². The van der Waals surface area contributed by atoms with Crippen LogP contribution in [-0.2, 0) is 19.0 Å². The Kier molecular flexibility index (Phi) is 3.73. The molecular weight excluding hydrogens is 246 g/mol. The van der Waals surface area contributed by atoms with Crippen molar-refractivity contribution >= 4 is 16.2 Å². The molecule has 1 amide bonds. The van der Waals surface area contributed by atoms with Crippen LogP contribution in [0, 0.1) is 0 Å². The summed E-state index contributed by atoms with van der Waals surface area (Å²) < 4.78 is 31.8. The van der Waals surface area contributed by atoms with E-state index in [1.165, 1.54) is 4.90 Å². The molecule has 1 aliphatic heterocycles. The molecule has 1 aliphatic rings. The largest absolute Gasteiger partial charge is 0.444 e. The lowest BCUT2D eigenvalue weighted by Crippen LogP contribution is -2.62. The van der Waals surface area contributed by atoms with Crippen LogP contribution < -0.4 is 0 Å². The Hall–Kier alpha value is -0.820. The number of hydrogen-bond acceptors (Lipinski definition) is 5. The Morgan fingerprint density at radius 3 is 2.24 bits per heavy atom. The molecule has 2 unspecified atom stereocenters. The standard InChI is InChI=1S/C10H19NO5S/c1-7-8(16-17(5,13)14)6-11(7)9(12)15-10(2,3)4/h7-8H,6H2,1-5H3. The second-order valence-corrected chi connectivity index (χ2v) is 6.81. The highest BCUT2D eigenvalue weighted by molar-refractivity contribution is 7.86. The van der Waals surface area contributed by atoms with Gasteiger partial charge in [-0.2, -0.15) is 8.42 Å². The number of nitrogens with zero attached hydrogens (tertiary/aromatic N) is 1. The first kappa shape index (κ1) is 14.2. The Labute approximate surface area is 102 Å². The topological polar surface area (TPSA) is 72.9 Å². The third-order valence-electron chi connectivity index (χ3n) is 2.33. The quantitative estimate of drug-likeness (QED) is 0.696. The minimum atomic E-state index is -3.48. The highest BCUT2D eigenvalue weighted by atomic mass is 32.2. The second-order valence-electron chi connectivity index (χ2n) is 5.21. The van der Waals surface area contributed by atoms with Gasteiger partial charge in [-0.1, -0.05) is 0 Å². The first-order chi connectivity index (χ1) is 7.49. The third-order valence-corrected chi connectivity index (χ3v) is 2.93. The lowest BCUT2D eigenvalue weighted by atomic mass is 10.0. The Morgan fingerprint density at radius 2 is 1.88 bits per heavy atom. The molecule has 100 valence electrons. The maximum absolute atomic E-state index is 11.7. The highest BCUT2D eigenvalue weighted by Crippen LogP contribution is 2.24. The summed E-state index contributed by atoms with van der Waals surface area (Å²) in [6.45, 7) is 7.30. The smallest absolute Gasteiger partial charge is 0.410 e. The van der Waals surface area contributed by atoms with E-state index in [1.807, 2.05) is 0 Å². The fourth-order valence-electron chi connectivity index (χ4n) is 1.47. The minimum Gasteiger partial charge on any atom is -0.444 e. The summed E-state index contributed by atoms with van der Waals surface area (Å²) in [6, 6.07) is -0.292. The lowest BCUT2D eigenvalue weighted by molar-refractivity contribution is -0.0514. The highest BCUT2D eigenvalue weighted by Gasteiger charge is 2.43. The van der Waals surface area contributed by atoms with E-state index in [0.717, 1.165) is 6.26 Å². The van der Waals surface area contributed by atoms with E-state index >= 15 is 0 Å². The van der Waals surface area contributed by atoms with Gasteiger partial charge in [0, 0.05) is 0 Å². The van der Waals surface area contributed by atoms with Crippen LogP contribution in [0.15, 0.2) is 0 Å². The van der Waals surface area contributed by atoms with Crippen molar-refractivity contribution in [3.05, 3.63) is 0 Å². The summed E-state index contributed by atoms with van der Waals surface area (Å²) in [5.41, 5.74) is -0.556. The zero-order valence-corrected chi connectivity index (χ0v) is 11.6. The number of carbonyl (C=O) groups excluding carboxylic acids is 1. The molecule has 0 aromatic heterocycles. The van der Waals surface area contributed by atoms with Crippen molar-refractivity contribution in [3.8, 4) is 0 Å². The normalized spacial score (nSPS) is 25.4. The van der Waals surface area contributed by atoms with Gasteiger partial charge in [0.1, 0.15) is 11.7 Å². The van der Waals surface area contributed by atoms with Crippen molar-refractivity contribution < 1.29 is 22.1 Å². The lowest BCUT2D eigenvalue weighted by Gasteiger charge is -2.44. The van der Waals surface area contributed by atoms with Gasteiger partial charge < -0.3 is 9.64 Å². The number of hydrogen-bond donors (Lipinski definition) is 0. The van der Waals surface area contributed by atoms with E-state index in [4.69, 9.17) is 8.92 Å². The van der Waals surface area contributed by atoms with Crippen LogP contribution in [0.25, 0.3) is 0 Å². The van der Waals surface area contributed by atoms with Crippen molar-refractivity contribution in [1.82, 2.24) is 4.90 Å². The van der Waals surface area contributed by atoms with Crippen LogP contribution in [-0.4, -0.2) is 50.0 Å². The van der Waals surface area contributed by atoms with Gasteiger partial charge >= 0.3 is 6.09 Å². The maximum atomic E-state index is 11.7. The molecule has 0 aliphatic carbocycles. The number of ether oxygens (including phenoxy) is 1. The summed E-state index contributed by atoms with van der Waals surface area (Å²) in [5.74, 6) is 0. The number of likely N-dealkylation sites (tertiary alicyclic amines) is 1. The number of carbonyl (C=O) groups is 1. The van der Waals surface area contributed by atoms with E-state index in [-0.39, 0.29) is 12.6 Å². The van der Waals surface area contributed by atoms with Crippen LogP contribution in [0.2, 0.25) is 0 Å². The van der Waals surface area contributed by atoms with Gasteiger partial charge in [-0.3, -0.25) is 4.18 Å². The molecule has 17 heavy (non-hydrogen) atoms. The summed E-state index contributed by atoms with van der Waals surface area (Å²) >= 11 is 0. The van der Waals surface area contributed by atoms with E-state index in [0.29, 0.717) is 0 Å². The van der Waals surface area contributed by atoms with Crippen LogP contribution in [0.1, 0.15) is 27.7 Å². The van der Waals surface area contributed by atoms with E-state index in [2.05, 4.69) is 0 Å². The Balaban J connectivity index is 2.50. The monoisotopic (exact) mass is 265 g/mol. The SMILES string of the molecule is CC1C(OS(C)(=O)=O)CN1C(=O)OC(C)(C)C. The molecule has 1 saturated heterocycles. The van der Waals surface area contributed by atoms with Crippen LogP contribution >= 0.6 is 0 Å². The predicted octanol–water partition coefficient (Wildman–Crippen LogP) is 0.970. The van der Waals surface area contributed by atoms with Gasteiger partial charge in [0.2, 0.25) is 0 Å². The first-order valence-electron chi connectivity index (χ1n) is 5.37. The average Bonchev–Trinajstić information content (AvgIpc) is 2.06. The summed E-state index contributed by atoms with van der Waals surface area (Å²) in [7, 11) is -3.48. The molecule has 0 radical (unpaired) electrons. The molecule has 0 spiro atoms. The molecule has 0 bridgehead atoms. The van der Waals surface area contributed by atoms with Gasteiger partial charge in [-0.15, -0.1) is 0 Å². The maximum Gasteiger partial charge on any atom is 0.410 e. The molecule has 1 rings (SSSR count). The fourth-order valence-corrected chi connectivity index (χ4v) is 2.14. The van der Waals surface area contributed by atoms with Gasteiger partial charge in [0.25, 0.3) is 10.1 Å². The third kappa shape index (κ3) is 4.16. The predicted molar refractivity (Wildman–Crippen MR) is 62.1 cm³/mol. The zero-order chi connectivity index (χ0) is 13.4. The molecule has 0 aromatic carbocycles. The molecular formula is C10H19NO5S. The first-order valence-corrected chi connectivity index (χ1v) is 7.19. The molecule has 0 N–H and O–H groups in total. The molecule has 1 fully saturated rings. The zero-order valence-electron chi connectivity index (χ0n) is 10.8. The summed E-state index contributed by atoms with van der Waals surface area (Å²) in [5, 5.41) is 0. The average molecular weight is 265 g/mol. The van der Waals surface area contributed by atoms with E-state index in [9.17, 15) is 13.2 Å².